The molecule has 0 aliphatic carbocycles. The quantitative estimate of drug-likeness (QED) is 0.330. The summed E-state index contributed by atoms with van der Waals surface area (Å²) in [6, 6.07) is 2.72. The van der Waals surface area contributed by atoms with Crippen molar-refractivity contribution in [3.05, 3.63) is 27.4 Å². The zero-order valence-corrected chi connectivity index (χ0v) is 11.2. The van der Waals surface area contributed by atoms with Crippen molar-refractivity contribution in [1.29, 1.82) is 0 Å². The minimum absolute atomic E-state index is 0.0836. The molecule has 6 nitrogen and oxygen atoms in total. The summed E-state index contributed by atoms with van der Waals surface area (Å²) < 4.78 is 0. The minimum Gasteiger partial charge on any atom is -0.396 e. The molecule has 100 valence electrons. The molecule has 1 rings (SSSR count). The smallest absolute Gasteiger partial charge is 0.311 e. The van der Waals surface area contributed by atoms with Crippen LogP contribution in [0.4, 0.5) is 11.5 Å². The highest BCUT2D eigenvalue weighted by atomic mass is 35.5. The van der Waals surface area contributed by atoms with Gasteiger partial charge in [-0.2, -0.15) is 11.8 Å². The molecular formula is C10H14ClN3O3S. The predicted molar refractivity (Wildman–Crippen MR) is 73.4 cm³/mol. The minimum atomic E-state index is -0.495. The molecule has 0 saturated heterocycles. The molecule has 1 heterocycles. The molecule has 0 spiro atoms. The molecule has 1 aromatic rings. The normalized spacial score (nSPS) is 10.3. The van der Waals surface area contributed by atoms with Crippen LogP contribution in [-0.4, -0.2) is 39.7 Å². The molecule has 0 bridgehead atoms. The summed E-state index contributed by atoms with van der Waals surface area (Å²) in [6.45, 7) is 0.742. The third-order valence-corrected chi connectivity index (χ3v) is 3.30. The zero-order chi connectivity index (χ0) is 13.4. The number of hydrogen-bond acceptors (Lipinski definition) is 6. The maximum atomic E-state index is 10.8. The van der Waals surface area contributed by atoms with E-state index in [9.17, 15) is 10.1 Å². The van der Waals surface area contributed by atoms with Crippen molar-refractivity contribution >= 4 is 34.9 Å². The van der Waals surface area contributed by atoms with Gasteiger partial charge in [0.1, 0.15) is 5.15 Å². The van der Waals surface area contributed by atoms with Crippen LogP contribution >= 0.6 is 23.4 Å². The van der Waals surface area contributed by atoms with Crippen LogP contribution in [0, 0.1) is 10.1 Å². The Balaban J connectivity index is 2.45. The van der Waals surface area contributed by atoms with E-state index in [4.69, 9.17) is 16.7 Å². The standard InChI is InChI=1S/C10H14ClN3O3S/c11-9-3-2-8(14(16)17)10(13-9)12-4-7-18-6-1-5-15/h2-3,15H,1,4-7H2,(H,12,13). The molecule has 0 amide bonds. The lowest BCUT2D eigenvalue weighted by atomic mass is 10.4. The van der Waals surface area contributed by atoms with Crippen LogP contribution in [0.2, 0.25) is 5.15 Å². The van der Waals surface area contributed by atoms with Crippen molar-refractivity contribution in [2.75, 3.05) is 30.0 Å². The molecule has 0 aromatic carbocycles. The molecule has 0 atom stereocenters. The van der Waals surface area contributed by atoms with Crippen LogP contribution in [0.3, 0.4) is 0 Å². The number of aromatic nitrogens is 1. The van der Waals surface area contributed by atoms with E-state index in [0.29, 0.717) is 6.54 Å². The first-order chi connectivity index (χ1) is 8.65. The van der Waals surface area contributed by atoms with Gasteiger partial charge in [-0.1, -0.05) is 11.6 Å². The maximum Gasteiger partial charge on any atom is 0.311 e. The molecule has 0 saturated carbocycles. The fraction of sp³-hybridized carbons (Fsp3) is 0.500. The molecule has 18 heavy (non-hydrogen) atoms. The van der Waals surface area contributed by atoms with Gasteiger partial charge in [-0.3, -0.25) is 10.1 Å². The van der Waals surface area contributed by atoms with Crippen molar-refractivity contribution in [2.45, 2.75) is 6.42 Å². The number of rotatable bonds is 8. The molecule has 1 aromatic heterocycles. The Morgan fingerprint density at radius 1 is 1.50 bits per heavy atom. The van der Waals surface area contributed by atoms with Crippen molar-refractivity contribution in [2.24, 2.45) is 0 Å². The molecule has 0 aliphatic rings. The van der Waals surface area contributed by atoms with Crippen LogP contribution in [0.25, 0.3) is 0 Å². The summed E-state index contributed by atoms with van der Waals surface area (Å²) >= 11 is 7.36. The number of anilines is 1. The molecule has 8 heteroatoms. The summed E-state index contributed by atoms with van der Waals surface area (Å²) in [6.07, 6.45) is 0.750. The van der Waals surface area contributed by atoms with Crippen molar-refractivity contribution in [1.82, 2.24) is 4.98 Å². The number of halogens is 1. The van der Waals surface area contributed by atoms with E-state index in [0.717, 1.165) is 17.9 Å². The van der Waals surface area contributed by atoms with Crippen LogP contribution in [0.1, 0.15) is 6.42 Å². The van der Waals surface area contributed by atoms with Crippen LogP contribution < -0.4 is 5.32 Å². The van der Waals surface area contributed by atoms with Crippen molar-refractivity contribution < 1.29 is 10.0 Å². The average Bonchev–Trinajstić information content (AvgIpc) is 2.33. The van der Waals surface area contributed by atoms with Crippen LogP contribution in [0.5, 0.6) is 0 Å². The number of pyridine rings is 1. The first-order valence-electron chi connectivity index (χ1n) is 5.38. The number of nitro groups is 1. The van der Waals surface area contributed by atoms with E-state index >= 15 is 0 Å². The van der Waals surface area contributed by atoms with Gasteiger partial charge in [-0.05, 0) is 18.2 Å². The van der Waals surface area contributed by atoms with Gasteiger partial charge in [-0.15, -0.1) is 0 Å². The third kappa shape index (κ3) is 5.07. The summed E-state index contributed by atoms with van der Waals surface area (Å²) in [5.41, 5.74) is -0.0836. The number of aliphatic hydroxyl groups is 1. The number of nitrogens with one attached hydrogen (secondary N) is 1. The molecule has 0 unspecified atom stereocenters. The number of aliphatic hydroxyl groups excluding tert-OH is 1. The van der Waals surface area contributed by atoms with Gasteiger partial charge < -0.3 is 10.4 Å². The number of thioether (sulfide) groups is 1. The SMILES string of the molecule is O=[N+]([O-])c1ccc(Cl)nc1NCCSCCCO. The van der Waals surface area contributed by atoms with Gasteiger partial charge in [0.2, 0.25) is 5.82 Å². The van der Waals surface area contributed by atoms with E-state index in [1.165, 1.54) is 12.1 Å². The van der Waals surface area contributed by atoms with E-state index in [1.54, 1.807) is 11.8 Å². The molecule has 0 aliphatic heterocycles. The Bertz CT molecular complexity index is 406. The molecule has 0 fully saturated rings. The Morgan fingerprint density at radius 2 is 2.28 bits per heavy atom. The summed E-state index contributed by atoms with van der Waals surface area (Å²) in [5.74, 6) is 1.84. The van der Waals surface area contributed by atoms with Gasteiger partial charge in [0.05, 0.1) is 4.92 Å². The lowest BCUT2D eigenvalue weighted by Gasteiger charge is -2.06. The van der Waals surface area contributed by atoms with E-state index < -0.39 is 4.92 Å². The number of hydrogen-bond donors (Lipinski definition) is 2. The van der Waals surface area contributed by atoms with Crippen molar-refractivity contribution in [3.8, 4) is 0 Å². The predicted octanol–water partition coefficient (Wildman–Crippen LogP) is 2.17. The van der Waals surface area contributed by atoms with Gasteiger partial charge in [-0.25, -0.2) is 4.98 Å². The van der Waals surface area contributed by atoms with Gasteiger partial charge in [0.25, 0.3) is 0 Å². The second-order valence-electron chi connectivity index (χ2n) is 3.38. The lowest BCUT2D eigenvalue weighted by molar-refractivity contribution is -0.384. The van der Waals surface area contributed by atoms with Gasteiger partial charge in [0.15, 0.2) is 0 Å². The fourth-order valence-electron chi connectivity index (χ4n) is 1.22. The largest absolute Gasteiger partial charge is 0.396 e. The topological polar surface area (TPSA) is 88.3 Å². The summed E-state index contributed by atoms with van der Waals surface area (Å²) in [5, 5.41) is 22.5. The van der Waals surface area contributed by atoms with E-state index in [1.807, 2.05) is 0 Å². The Kier molecular flexibility index (Phi) is 6.77. The summed E-state index contributed by atoms with van der Waals surface area (Å²) in [4.78, 5) is 14.2. The lowest BCUT2D eigenvalue weighted by Crippen LogP contribution is -2.08. The second-order valence-corrected chi connectivity index (χ2v) is 4.99. The molecule has 0 radical (unpaired) electrons. The Hall–Kier alpha value is -1.05. The highest BCUT2D eigenvalue weighted by Gasteiger charge is 2.14. The Labute approximate surface area is 114 Å². The monoisotopic (exact) mass is 291 g/mol. The first-order valence-corrected chi connectivity index (χ1v) is 6.92. The highest BCUT2D eigenvalue weighted by Crippen LogP contribution is 2.23. The average molecular weight is 292 g/mol. The summed E-state index contributed by atoms with van der Waals surface area (Å²) in [7, 11) is 0. The van der Waals surface area contributed by atoms with Crippen molar-refractivity contribution in [3.63, 3.8) is 0 Å². The van der Waals surface area contributed by atoms with E-state index in [-0.39, 0.29) is 23.3 Å². The number of nitrogens with zero attached hydrogens (tertiary/aromatic N) is 2. The van der Waals surface area contributed by atoms with Crippen LogP contribution in [0.15, 0.2) is 12.1 Å². The third-order valence-electron chi connectivity index (χ3n) is 2.02. The Morgan fingerprint density at radius 3 is 2.94 bits per heavy atom. The molecular weight excluding hydrogens is 278 g/mol. The zero-order valence-electron chi connectivity index (χ0n) is 9.63. The van der Waals surface area contributed by atoms with Crippen LogP contribution in [-0.2, 0) is 0 Å². The van der Waals surface area contributed by atoms with Gasteiger partial charge in [0, 0.05) is 25.0 Å². The maximum absolute atomic E-state index is 10.8. The second kappa shape index (κ2) is 8.12. The van der Waals surface area contributed by atoms with E-state index in [2.05, 4.69) is 10.3 Å². The highest BCUT2D eigenvalue weighted by molar-refractivity contribution is 7.99. The molecule has 2 N–H and O–H groups in total. The van der Waals surface area contributed by atoms with Gasteiger partial charge >= 0.3 is 5.69 Å². The first kappa shape index (κ1) is 15.0. The fourth-order valence-corrected chi connectivity index (χ4v) is 2.15.